The SMILES string of the molecule is CC[C@@H](C)NC1CCN(c2ccc(NC(=O)c3ccc(OC)cc3)cc2)CC1. The van der Waals surface area contributed by atoms with E-state index in [9.17, 15) is 4.79 Å². The van der Waals surface area contributed by atoms with Crippen LogP contribution < -0.4 is 20.3 Å². The number of carbonyl (C=O) groups is 1. The molecule has 1 heterocycles. The maximum atomic E-state index is 12.4. The topological polar surface area (TPSA) is 53.6 Å². The number of ether oxygens (including phenoxy) is 1. The zero-order valence-corrected chi connectivity index (χ0v) is 17.1. The number of methoxy groups -OCH3 is 1. The fraction of sp³-hybridized carbons (Fsp3) is 0.435. The average molecular weight is 382 g/mol. The first-order valence-electron chi connectivity index (χ1n) is 10.2. The van der Waals surface area contributed by atoms with E-state index in [0.717, 1.165) is 24.5 Å². The molecule has 1 atom stereocenters. The summed E-state index contributed by atoms with van der Waals surface area (Å²) in [7, 11) is 1.61. The lowest BCUT2D eigenvalue weighted by Crippen LogP contribution is -2.45. The molecule has 5 heteroatoms. The van der Waals surface area contributed by atoms with Crippen LogP contribution in [0.4, 0.5) is 11.4 Å². The van der Waals surface area contributed by atoms with Crippen LogP contribution >= 0.6 is 0 Å². The number of benzene rings is 2. The molecule has 0 aromatic heterocycles. The van der Waals surface area contributed by atoms with Crippen molar-refractivity contribution in [2.75, 3.05) is 30.4 Å². The summed E-state index contributed by atoms with van der Waals surface area (Å²) in [6.45, 7) is 6.60. The highest BCUT2D eigenvalue weighted by Crippen LogP contribution is 2.23. The summed E-state index contributed by atoms with van der Waals surface area (Å²) in [5.41, 5.74) is 2.63. The van der Waals surface area contributed by atoms with Crippen LogP contribution in [0, 0.1) is 0 Å². The minimum absolute atomic E-state index is 0.118. The van der Waals surface area contributed by atoms with E-state index < -0.39 is 0 Å². The number of amides is 1. The first kappa shape index (κ1) is 20.2. The number of rotatable bonds is 7. The van der Waals surface area contributed by atoms with Crippen molar-refractivity contribution >= 4 is 17.3 Å². The van der Waals surface area contributed by atoms with Gasteiger partial charge in [0.05, 0.1) is 7.11 Å². The summed E-state index contributed by atoms with van der Waals surface area (Å²) in [5, 5.41) is 6.66. The second-order valence-corrected chi connectivity index (χ2v) is 7.47. The van der Waals surface area contributed by atoms with E-state index in [0.29, 0.717) is 17.6 Å². The minimum Gasteiger partial charge on any atom is -0.497 e. The van der Waals surface area contributed by atoms with E-state index in [-0.39, 0.29) is 5.91 Å². The minimum atomic E-state index is -0.118. The molecule has 1 saturated heterocycles. The lowest BCUT2D eigenvalue weighted by molar-refractivity contribution is 0.102. The third-order valence-electron chi connectivity index (χ3n) is 5.47. The molecule has 1 fully saturated rings. The van der Waals surface area contributed by atoms with Crippen molar-refractivity contribution in [3.63, 3.8) is 0 Å². The molecular weight excluding hydrogens is 350 g/mol. The summed E-state index contributed by atoms with van der Waals surface area (Å²) in [5.74, 6) is 0.622. The molecule has 0 aliphatic carbocycles. The number of nitrogens with one attached hydrogen (secondary N) is 2. The van der Waals surface area contributed by atoms with E-state index in [1.54, 1.807) is 31.4 Å². The van der Waals surface area contributed by atoms with E-state index in [2.05, 4.69) is 41.5 Å². The molecule has 150 valence electrons. The van der Waals surface area contributed by atoms with Gasteiger partial charge in [-0.25, -0.2) is 0 Å². The summed E-state index contributed by atoms with van der Waals surface area (Å²) >= 11 is 0. The molecule has 5 nitrogen and oxygen atoms in total. The number of piperidine rings is 1. The van der Waals surface area contributed by atoms with Crippen LogP contribution in [0.15, 0.2) is 48.5 Å². The van der Waals surface area contributed by atoms with Gasteiger partial charge in [0.15, 0.2) is 0 Å². The molecule has 1 amide bonds. The molecule has 28 heavy (non-hydrogen) atoms. The van der Waals surface area contributed by atoms with Crippen molar-refractivity contribution in [2.24, 2.45) is 0 Å². The Balaban J connectivity index is 1.53. The second-order valence-electron chi connectivity index (χ2n) is 7.47. The second kappa shape index (κ2) is 9.60. The van der Waals surface area contributed by atoms with Crippen molar-refractivity contribution in [1.82, 2.24) is 5.32 Å². The van der Waals surface area contributed by atoms with Gasteiger partial charge in [0.1, 0.15) is 5.75 Å². The third-order valence-corrected chi connectivity index (χ3v) is 5.47. The van der Waals surface area contributed by atoms with Gasteiger partial charge in [0, 0.05) is 42.1 Å². The number of hydrogen-bond donors (Lipinski definition) is 2. The maximum Gasteiger partial charge on any atom is 0.255 e. The maximum absolute atomic E-state index is 12.4. The molecule has 2 N–H and O–H groups in total. The molecule has 2 aromatic rings. The normalized spacial score (nSPS) is 15.9. The van der Waals surface area contributed by atoms with Crippen LogP contribution in [-0.4, -0.2) is 38.2 Å². The van der Waals surface area contributed by atoms with E-state index in [1.807, 2.05) is 12.1 Å². The van der Waals surface area contributed by atoms with Gasteiger partial charge < -0.3 is 20.3 Å². The van der Waals surface area contributed by atoms with Gasteiger partial charge >= 0.3 is 0 Å². The Bertz CT molecular complexity index is 750. The van der Waals surface area contributed by atoms with Crippen molar-refractivity contribution in [3.8, 4) is 5.75 Å². The van der Waals surface area contributed by atoms with Crippen LogP contribution in [0.1, 0.15) is 43.5 Å². The Morgan fingerprint density at radius 2 is 1.75 bits per heavy atom. The largest absolute Gasteiger partial charge is 0.497 e. The van der Waals surface area contributed by atoms with Crippen LogP contribution in [-0.2, 0) is 0 Å². The van der Waals surface area contributed by atoms with Crippen molar-refractivity contribution in [2.45, 2.75) is 45.2 Å². The standard InChI is InChI=1S/C23H31N3O2/c1-4-17(2)24-20-13-15-26(16-14-20)21-9-7-19(8-10-21)25-23(27)18-5-11-22(28-3)12-6-18/h5-12,17,20,24H,4,13-16H2,1-3H3,(H,25,27)/t17-/m1/s1. The molecule has 0 unspecified atom stereocenters. The number of hydrogen-bond acceptors (Lipinski definition) is 4. The molecule has 0 saturated carbocycles. The van der Waals surface area contributed by atoms with E-state index in [4.69, 9.17) is 4.74 Å². The van der Waals surface area contributed by atoms with Crippen molar-refractivity contribution in [1.29, 1.82) is 0 Å². The molecular formula is C23H31N3O2. The Hall–Kier alpha value is -2.53. The third kappa shape index (κ3) is 5.26. The molecule has 0 spiro atoms. The van der Waals surface area contributed by atoms with Gasteiger partial charge in [-0.2, -0.15) is 0 Å². The summed E-state index contributed by atoms with van der Waals surface area (Å²) in [6, 6.07) is 16.4. The van der Waals surface area contributed by atoms with Gasteiger partial charge in [-0.1, -0.05) is 6.92 Å². The van der Waals surface area contributed by atoms with Gasteiger partial charge in [-0.05, 0) is 74.7 Å². The lowest BCUT2D eigenvalue weighted by Gasteiger charge is -2.35. The fourth-order valence-electron chi connectivity index (χ4n) is 3.53. The van der Waals surface area contributed by atoms with Crippen molar-refractivity contribution in [3.05, 3.63) is 54.1 Å². The van der Waals surface area contributed by atoms with Gasteiger partial charge in [-0.15, -0.1) is 0 Å². The molecule has 0 bridgehead atoms. The first-order chi connectivity index (χ1) is 13.6. The quantitative estimate of drug-likeness (QED) is 0.751. The van der Waals surface area contributed by atoms with Crippen LogP contribution in [0.5, 0.6) is 5.75 Å². The van der Waals surface area contributed by atoms with Crippen LogP contribution in [0.2, 0.25) is 0 Å². The average Bonchev–Trinajstić information content (AvgIpc) is 2.75. The Labute approximate surface area is 168 Å². The highest BCUT2D eigenvalue weighted by Gasteiger charge is 2.20. The summed E-state index contributed by atoms with van der Waals surface area (Å²) in [4.78, 5) is 14.8. The predicted octanol–water partition coefficient (Wildman–Crippen LogP) is 4.30. The fourth-order valence-corrected chi connectivity index (χ4v) is 3.53. The van der Waals surface area contributed by atoms with Crippen LogP contribution in [0.3, 0.4) is 0 Å². The number of nitrogens with zero attached hydrogens (tertiary/aromatic N) is 1. The van der Waals surface area contributed by atoms with Crippen LogP contribution in [0.25, 0.3) is 0 Å². The predicted molar refractivity (Wildman–Crippen MR) is 116 cm³/mol. The monoisotopic (exact) mass is 381 g/mol. The van der Waals surface area contributed by atoms with Gasteiger partial charge in [0.25, 0.3) is 5.91 Å². The lowest BCUT2D eigenvalue weighted by atomic mass is 10.0. The Morgan fingerprint density at radius 3 is 2.32 bits per heavy atom. The van der Waals surface area contributed by atoms with Gasteiger partial charge in [-0.3, -0.25) is 4.79 Å². The molecule has 0 radical (unpaired) electrons. The molecule has 1 aliphatic heterocycles. The zero-order valence-electron chi connectivity index (χ0n) is 17.1. The Morgan fingerprint density at radius 1 is 1.11 bits per heavy atom. The van der Waals surface area contributed by atoms with Gasteiger partial charge in [0.2, 0.25) is 0 Å². The zero-order chi connectivity index (χ0) is 19.9. The Kier molecular flexibility index (Phi) is 6.93. The summed E-state index contributed by atoms with van der Waals surface area (Å²) < 4.78 is 5.13. The highest BCUT2D eigenvalue weighted by molar-refractivity contribution is 6.04. The summed E-state index contributed by atoms with van der Waals surface area (Å²) in [6.07, 6.45) is 3.50. The smallest absolute Gasteiger partial charge is 0.255 e. The van der Waals surface area contributed by atoms with E-state index >= 15 is 0 Å². The molecule has 2 aromatic carbocycles. The first-order valence-corrected chi connectivity index (χ1v) is 10.2. The van der Waals surface area contributed by atoms with E-state index in [1.165, 1.54) is 24.9 Å². The van der Waals surface area contributed by atoms with Crippen molar-refractivity contribution < 1.29 is 9.53 Å². The molecule has 3 rings (SSSR count). The number of carbonyl (C=O) groups excluding carboxylic acids is 1. The highest BCUT2D eigenvalue weighted by atomic mass is 16.5. The number of anilines is 2. The molecule has 1 aliphatic rings.